The molecule has 3 atom stereocenters. The van der Waals surface area contributed by atoms with Crippen LogP contribution >= 0.6 is 0 Å². The minimum absolute atomic E-state index is 0.452. The minimum Gasteiger partial charge on any atom is -0.480 e. The van der Waals surface area contributed by atoms with Crippen molar-refractivity contribution >= 4 is 5.97 Å². The molecular weight excluding hydrogens is 238 g/mol. The highest BCUT2D eigenvalue weighted by molar-refractivity contribution is 5.79. The molecule has 19 heavy (non-hydrogen) atoms. The Morgan fingerprint density at radius 1 is 1.32 bits per heavy atom. The molecule has 0 aliphatic heterocycles. The van der Waals surface area contributed by atoms with Crippen LogP contribution in [0.25, 0.3) is 0 Å². The van der Waals surface area contributed by atoms with Gasteiger partial charge in [0.1, 0.15) is 5.54 Å². The lowest BCUT2D eigenvalue weighted by Crippen LogP contribution is -2.55. The molecule has 1 aromatic rings. The summed E-state index contributed by atoms with van der Waals surface area (Å²) in [6.07, 6.45) is 2.42. The van der Waals surface area contributed by atoms with Crippen molar-refractivity contribution in [2.45, 2.75) is 45.2 Å². The molecule has 0 saturated heterocycles. The van der Waals surface area contributed by atoms with Gasteiger partial charge in [-0.05, 0) is 36.7 Å². The number of aliphatic carboxylic acids is 1. The first-order valence-electron chi connectivity index (χ1n) is 7.06. The molecular formula is C16H23NO2. The summed E-state index contributed by atoms with van der Waals surface area (Å²) >= 11 is 0. The van der Waals surface area contributed by atoms with Crippen LogP contribution in [0.2, 0.25) is 0 Å². The molecule has 0 radical (unpaired) electrons. The number of carboxylic acid groups (broad SMARTS) is 1. The van der Waals surface area contributed by atoms with Crippen molar-refractivity contribution in [3.05, 3.63) is 35.9 Å². The Morgan fingerprint density at radius 3 is 2.58 bits per heavy atom. The molecule has 0 spiro atoms. The number of benzene rings is 1. The van der Waals surface area contributed by atoms with Crippen LogP contribution in [0, 0.1) is 11.8 Å². The molecule has 1 aromatic carbocycles. The maximum Gasteiger partial charge on any atom is 0.323 e. The number of hydrogen-bond donors (Lipinski definition) is 2. The molecule has 0 amide bonds. The van der Waals surface area contributed by atoms with Gasteiger partial charge >= 0.3 is 5.97 Å². The molecule has 1 fully saturated rings. The van der Waals surface area contributed by atoms with Crippen LogP contribution in [0.1, 0.15) is 38.7 Å². The minimum atomic E-state index is -0.748. The van der Waals surface area contributed by atoms with E-state index in [1.807, 2.05) is 30.3 Å². The molecule has 2 rings (SSSR count). The van der Waals surface area contributed by atoms with Crippen LogP contribution in [0.4, 0.5) is 0 Å². The van der Waals surface area contributed by atoms with E-state index in [4.69, 9.17) is 0 Å². The summed E-state index contributed by atoms with van der Waals surface area (Å²) in [5.41, 5.74) is 0.385. The van der Waals surface area contributed by atoms with Gasteiger partial charge in [0, 0.05) is 6.54 Å². The second-order valence-electron chi connectivity index (χ2n) is 5.92. The number of carbonyl (C=O) groups is 1. The van der Waals surface area contributed by atoms with E-state index in [1.165, 1.54) is 0 Å². The Balaban J connectivity index is 2.06. The summed E-state index contributed by atoms with van der Waals surface area (Å²) in [7, 11) is 0. The summed E-state index contributed by atoms with van der Waals surface area (Å²) < 4.78 is 0. The monoisotopic (exact) mass is 261 g/mol. The molecule has 1 saturated carbocycles. The third kappa shape index (κ3) is 3.16. The topological polar surface area (TPSA) is 49.3 Å². The van der Waals surface area contributed by atoms with Gasteiger partial charge in [-0.3, -0.25) is 10.1 Å². The normalized spacial score (nSPS) is 31.1. The van der Waals surface area contributed by atoms with Gasteiger partial charge in [0.2, 0.25) is 0 Å². The van der Waals surface area contributed by atoms with E-state index in [2.05, 4.69) is 19.2 Å². The van der Waals surface area contributed by atoms with Crippen molar-refractivity contribution < 1.29 is 9.90 Å². The molecule has 1 aliphatic rings. The second-order valence-corrected chi connectivity index (χ2v) is 5.92. The van der Waals surface area contributed by atoms with Crippen molar-refractivity contribution in [2.24, 2.45) is 11.8 Å². The van der Waals surface area contributed by atoms with E-state index in [9.17, 15) is 9.90 Å². The average molecular weight is 261 g/mol. The Bertz CT molecular complexity index is 432. The fourth-order valence-corrected chi connectivity index (χ4v) is 2.91. The van der Waals surface area contributed by atoms with Crippen LogP contribution in [-0.2, 0) is 11.3 Å². The fraction of sp³-hybridized carbons (Fsp3) is 0.562. The Labute approximate surface area is 115 Å². The van der Waals surface area contributed by atoms with Gasteiger partial charge in [-0.25, -0.2) is 0 Å². The van der Waals surface area contributed by atoms with Crippen molar-refractivity contribution in [1.29, 1.82) is 0 Å². The Hall–Kier alpha value is -1.35. The summed E-state index contributed by atoms with van der Waals surface area (Å²) in [4.78, 5) is 11.7. The first kappa shape index (κ1) is 14.1. The summed E-state index contributed by atoms with van der Waals surface area (Å²) in [5.74, 6) is 0.362. The Morgan fingerprint density at radius 2 is 2.00 bits per heavy atom. The van der Waals surface area contributed by atoms with Crippen molar-refractivity contribution in [2.75, 3.05) is 0 Å². The van der Waals surface area contributed by atoms with Gasteiger partial charge < -0.3 is 5.11 Å². The standard InChI is InChI=1S/C16H23NO2/c1-12-8-9-16(15(18)19,10-13(12)2)17-11-14-6-4-3-5-7-14/h3-7,12-13,17H,8-11H2,1-2H3,(H,18,19). The van der Waals surface area contributed by atoms with E-state index in [-0.39, 0.29) is 0 Å². The van der Waals surface area contributed by atoms with Crippen LogP contribution in [-0.4, -0.2) is 16.6 Å². The van der Waals surface area contributed by atoms with Gasteiger partial charge in [-0.1, -0.05) is 44.2 Å². The third-order valence-electron chi connectivity index (χ3n) is 4.55. The highest BCUT2D eigenvalue weighted by Gasteiger charge is 2.43. The van der Waals surface area contributed by atoms with Gasteiger partial charge in [-0.15, -0.1) is 0 Å². The summed E-state index contributed by atoms with van der Waals surface area (Å²) in [6.45, 7) is 4.99. The zero-order valence-electron chi connectivity index (χ0n) is 11.7. The van der Waals surface area contributed by atoms with E-state index in [0.29, 0.717) is 18.4 Å². The zero-order chi connectivity index (χ0) is 13.9. The van der Waals surface area contributed by atoms with Crippen LogP contribution < -0.4 is 5.32 Å². The molecule has 104 valence electrons. The molecule has 3 nitrogen and oxygen atoms in total. The predicted molar refractivity (Wildman–Crippen MR) is 75.8 cm³/mol. The van der Waals surface area contributed by atoms with Crippen LogP contribution in [0.3, 0.4) is 0 Å². The van der Waals surface area contributed by atoms with Gasteiger partial charge in [0.25, 0.3) is 0 Å². The lowest BCUT2D eigenvalue weighted by molar-refractivity contribution is -0.147. The number of rotatable bonds is 4. The van der Waals surface area contributed by atoms with E-state index < -0.39 is 11.5 Å². The highest BCUT2D eigenvalue weighted by Crippen LogP contribution is 2.36. The van der Waals surface area contributed by atoms with Crippen LogP contribution in [0.5, 0.6) is 0 Å². The van der Waals surface area contributed by atoms with Crippen molar-refractivity contribution in [1.82, 2.24) is 5.32 Å². The molecule has 1 aliphatic carbocycles. The molecule has 0 heterocycles. The Kier molecular flexibility index (Phi) is 4.25. The van der Waals surface area contributed by atoms with Crippen molar-refractivity contribution in [3.63, 3.8) is 0 Å². The first-order chi connectivity index (χ1) is 9.03. The maximum atomic E-state index is 11.7. The second kappa shape index (κ2) is 5.74. The largest absolute Gasteiger partial charge is 0.480 e. The van der Waals surface area contributed by atoms with Gasteiger partial charge in [0.05, 0.1) is 0 Å². The van der Waals surface area contributed by atoms with E-state index in [0.717, 1.165) is 24.8 Å². The number of carboxylic acids is 1. The van der Waals surface area contributed by atoms with Crippen LogP contribution in [0.15, 0.2) is 30.3 Å². The maximum absolute atomic E-state index is 11.7. The highest BCUT2D eigenvalue weighted by atomic mass is 16.4. The smallest absolute Gasteiger partial charge is 0.323 e. The first-order valence-corrected chi connectivity index (χ1v) is 7.06. The SMILES string of the molecule is CC1CCC(NCc2ccccc2)(C(=O)O)CC1C. The van der Waals surface area contributed by atoms with Gasteiger partial charge in [0.15, 0.2) is 0 Å². The van der Waals surface area contributed by atoms with E-state index >= 15 is 0 Å². The fourth-order valence-electron chi connectivity index (χ4n) is 2.91. The molecule has 0 bridgehead atoms. The summed E-state index contributed by atoms with van der Waals surface area (Å²) in [6, 6.07) is 9.99. The molecule has 3 heteroatoms. The number of hydrogen-bond acceptors (Lipinski definition) is 2. The van der Waals surface area contributed by atoms with E-state index in [1.54, 1.807) is 0 Å². The number of nitrogens with one attached hydrogen (secondary N) is 1. The molecule has 3 unspecified atom stereocenters. The zero-order valence-corrected chi connectivity index (χ0v) is 11.7. The van der Waals surface area contributed by atoms with Gasteiger partial charge in [-0.2, -0.15) is 0 Å². The third-order valence-corrected chi connectivity index (χ3v) is 4.55. The lowest BCUT2D eigenvalue weighted by Gasteiger charge is -2.40. The quantitative estimate of drug-likeness (QED) is 0.875. The average Bonchev–Trinajstić information content (AvgIpc) is 2.41. The van der Waals surface area contributed by atoms with Crippen molar-refractivity contribution in [3.8, 4) is 0 Å². The lowest BCUT2D eigenvalue weighted by atomic mass is 9.71. The molecule has 2 N–H and O–H groups in total. The predicted octanol–water partition coefficient (Wildman–Crippen LogP) is 3.06. The summed E-state index contributed by atoms with van der Waals surface area (Å²) in [5, 5.41) is 12.9. The molecule has 0 aromatic heterocycles.